The Kier molecular flexibility index (Phi) is 9.35. The first-order chi connectivity index (χ1) is 10.7. The Hall–Kier alpha value is -1.83. The normalized spacial score (nSPS) is 11.2. The zero-order valence-electron chi connectivity index (χ0n) is 13.7. The lowest BCUT2D eigenvalue weighted by Crippen LogP contribution is -2.46. The van der Waals surface area contributed by atoms with Gasteiger partial charge in [-0.15, -0.1) is 12.4 Å². The first-order valence-electron chi connectivity index (χ1n) is 7.11. The van der Waals surface area contributed by atoms with Crippen LogP contribution >= 0.6 is 24.0 Å². The van der Waals surface area contributed by atoms with Gasteiger partial charge in [0.2, 0.25) is 17.7 Å². The van der Waals surface area contributed by atoms with Crippen molar-refractivity contribution in [2.75, 3.05) is 17.2 Å². The Balaban J connectivity index is 0.00000529. The van der Waals surface area contributed by atoms with Crippen LogP contribution in [0.1, 0.15) is 20.8 Å². The maximum atomic E-state index is 11.9. The zero-order valence-corrected chi connectivity index (χ0v) is 15.3. The highest BCUT2D eigenvalue weighted by Gasteiger charge is 2.18. The Bertz CT molecular complexity index is 608. The van der Waals surface area contributed by atoms with Crippen LogP contribution in [0.5, 0.6) is 0 Å². The number of hydrogen-bond acceptors (Lipinski definition) is 4. The van der Waals surface area contributed by atoms with E-state index in [4.69, 9.17) is 17.3 Å². The van der Waals surface area contributed by atoms with Crippen LogP contribution in [0, 0.1) is 5.92 Å². The molecule has 0 aromatic heterocycles. The van der Waals surface area contributed by atoms with Gasteiger partial charge in [0.25, 0.3) is 0 Å². The van der Waals surface area contributed by atoms with Gasteiger partial charge in [0.1, 0.15) is 0 Å². The molecule has 0 spiro atoms. The lowest BCUT2D eigenvalue weighted by Gasteiger charge is -2.16. The SMILES string of the molecule is CC(=O)Nc1ccc(Cl)cc1NC(=O)CNC(=O)[C@@H](N)C(C)C.Cl. The van der Waals surface area contributed by atoms with E-state index in [-0.39, 0.29) is 30.8 Å². The third kappa shape index (κ3) is 7.16. The number of hydrogen-bond donors (Lipinski definition) is 4. The van der Waals surface area contributed by atoms with Crippen molar-refractivity contribution in [2.24, 2.45) is 11.7 Å². The Labute approximate surface area is 152 Å². The van der Waals surface area contributed by atoms with E-state index >= 15 is 0 Å². The summed E-state index contributed by atoms with van der Waals surface area (Å²) in [6.45, 7) is 4.75. The molecule has 9 heteroatoms. The number of carbonyl (C=O) groups excluding carboxylic acids is 3. The van der Waals surface area contributed by atoms with Crippen LogP contribution in [-0.2, 0) is 14.4 Å². The summed E-state index contributed by atoms with van der Waals surface area (Å²) in [6.07, 6.45) is 0. The molecule has 7 nitrogen and oxygen atoms in total. The summed E-state index contributed by atoms with van der Waals surface area (Å²) in [5, 5.41) is 8.04. The molecule has 0 bridgehead atoms. The number of halogens is 2. The van der Waals surface area contributed by atoms with E-state index in [0.29, 0.717) is 16.4 Å². The maximum absolute atomic E-state index is 11.9. The summed E-state index contributed by atoms with van der Waals surface area (Å²) >= 11 is 5.89. The van der Waals surface area contributed by atoms with Crippen molar-refractivity contribution in [1.29, 1.82) is 0 Å². The molecule has 0 fully saturated rings. The van der Waals surface area contributed by atoms with Gasteiger partial charge in [0.15, 0.2) is 0 Å². The van der Waals surface area contributed by atoms with Crippen LogP contribution in [0.15, 0.2) is 18.2 Å². The van der Waals surface area contributed by atoms with E-state index < -0.39 is 17.9 Å². The summed E-state index contributed by atoms with van der Waals surface area (Å²) in [4.78, 5) is 34.8. The molecule has 0 unspecified atom stereocenters. The third-order valence-electron chi connectivity index (χ3n) is 3.01. The molecular formula is C15H22Cl2N4O3. The average Bonchev–Trinajstić information content (AvgIpc) is 2.46. The number of rotatable bonds is 6. The van der Waals surface area contributed by atoms with Crippen molar-refractivity contribution < 1.29 is 14.4 Å². The largest absolute Gasteiger partial charge is 0.346 e. The molecule has 0 aliphatic carbocycles. The van der Waals surface area contributed by atoms with Crippen molar-refractivity contribution in [3.8, 4) is 0 Å². The van der Waals surface area contributed by atoms with Crippen LogP contribution in [-0.4, -0.2) is 30.3 Å². The van der Waals surface area contributed by atoms with Crippen molar-refractivity contribution in [3.05, 3.63) is 23.2 Å². The summed E-state index contributed by atoms with van der Waals surface area (Å²) in [5.41, 5.74) is 6.45. The topological polar surface area (TPSA) is 113 Å². The molecule has 1 rings (SSSR count). The van der Waals surface area contributed by atoms with Gasteiger partial charge < -0.3 is 21.7 Å². The summed E-state index contributed by atoms with van der Waals surface area (Å²) in [6, 6.07) is 3.99. The van der Waals surface area contributed by atoms with Gasteiger partial charge in [-0.05, 0) is 24.1 Å². The monoisotopic (exact) mass is 376 g/mol. The van der Waals surface area contributed by atoms with Crippen LogP contribution in [0.2, 0.25) is 5.02 Å². The van der Waals surface area contributed by atoms with Gasteiger partial charge >= 0.3 is 0 Å². The maximum Gasteiger partial charge on any atom is 0.243 e. The average molecular weight is 377 g/mol. The van der Waals surface area contributed by atoms with Gasteiger partial charge in [-0.3, -0.25) is 14.4 Å². The molecule has 3 amide bonds. The summed E-state index contributed by atoms with van der Waals surface area (Å²) in [7, 11) is 0. The minimum atomic E-state index is -0.677. The highest BCUT2D eigenvalue weighted by atomic mass is 35.5. The van der Waals surface area contributed by atoms with Gasteiger partial charge in [0.05, 0.1) is 24.0 Å². The first kappa shape index (κ1) is 22.2. The number of benzene rings is 1. The predicted octanol–water partition coefficient (Wildman–Crippen LogP) is 1.76. The number of nitrogens with two attached hydrogens (primary N) is 1. The van der Waals surface area contributed by atoms with E-state index in [1.807, 2.05) is 13.8 Å². The van der Waals surface area contributed by atoms with Crippen LogP contribution in [0.4, 0.5) is 11.4 Å². The first-order valence-corrected chi connectivity index (χ1v) is 7.48. The molecule has 24 heavy (non-hydrogen) atoms. The molecular weight excluding hydrogens is 355 g/mol. The lowest BCUT2D eigenvalue weighted by atomic mass is 10.1. The molecule has 1 aromatic rings. The molecule has 1 atom stereocenters. The quantitative estimate of drug-likeness (QED) is 0.605. The molecule has 0 saturated carbocycles. The summed E-state index contributed by atoms with van der Waals surface area (Å²) < 4.78 is 0. The molecule has 0 aliphatic heterocycles. The van der Waals surface area contributed by atoms with E-state index in [9.17, 15) is 14.4 Å². The molecule has 0 saturated heterocycles. The van der Waals surface area contributed by atoms with Crippen molar-refractivity contribution in [2.45, 2.75) is 26.8 Å². The molecule has 5 N–H and O–H groups in total. The van der Waals surface area contributed by atoms with Crippen molar-refractivity contribution >= 4 is 53.1 Å². The minimum Gasteiger partial charge on any atom is -0.346 e. The zero-order chi connectivity index (χ0) is 17.6. The molecule has 0 aliphatic rings. The molecule has 1 aromatic carbocycles. The van der Waals surface area contributed by atoms with Crippen LogP contribution in [0.3, 0.4) is 0 Å². The van der Waals surface area contributed by atoms with E-state index in [1.165, 1.54) is 13.0 Å². The second kappa shape index (κ2) is 10.1. The number of anilines is 2. The van der Waals surface area contributed by atoms with Crippen LogP contribution in [0.25, 0.3) is 0 Å². The molecule has 0 radical (unpaired) electrons. The fraction of sp³-hybridized carbons (Fsp3) is 0.400. The second-order valence-corrected chi connectivity index (χ2v) is 5.84. The minimum absolute atomic E-state index is 0. The van der Waals surface area contributed by atoms with Gasteiger partial charge in [-0.25, -0.2) is 0 Å². The second-order valence-electron chi connectivity index (χ2n) is 5.41. The highest BCUT2D eigenvalue weighted by molar-refractivity contribution is 6.31. The Morgan fingerprint density at radius 1 is 1.17 bits per heavy atom. The standard InChI is InChI=1S/C15H21ClN4O3.ClH/c1-8(2)14(17)15(23)18-7-13(22)20-12-6-10(16)4-5-11(12)19-9(3)21;/h4-6,8,14H,7,17H2,1-3H3,(H,18,23)(H,19,21)(H,20,22);1H/t14-;/m0./s1. The fourth-order valence-electron chi connectivity index (χ4n) is 1.70. The van der Waals surface area contributed by atoms with Gasteiger partial charge in [0, 0.05) is 11.9 Å². The molecule has 0 heterocycles. The number of carbonyl (C=O) groups is 3. The van der Waals surface area contributed by atoms with E-state index in [1.54, 1.807) is 12.1 Å². The highest BCUT2D eigenvalue weighted by Crippen LogP contribution is 2.25. The molecule has 134 valence electrons. The van der Waals surface area contributed by atoms with Crippen LogP contribution < -0.4 is 21.7 Å². The predicted molar refractivity (Wildman–Crippen MR) is 97.5 cm³/mol. The Morgan fingerprint density at radius 2 is 1.79 bits per heavy atom. The van der Waals surface area contributed by atoms with Gasteiger partial charge in [-0.1, -0.05) is 25.4 Å². The Morgan fingerprint density at radius 3 is 2.33 bits per heavy atom. The van der Waals surface area contributed by atoms with E-state index in [0.717, 1.165) is 0 Å². The van der Waals surface area contributed by atoms with Crippen molar-refractivity contribution in [3.63, 3.8) is 0 Å². The fourth-order valence-corrected chi connectivity index (χ4v) is 1.87. The number of amides is 3. The number of nitrogens with one attached hydrogen (secondary N) is 3. The summed E-state index contributed by atoms with van der Waals surface area (Å²) in [5.74, 6) is -1.16. The smallest absolute Gasteiger partial charge is 0.243 e. The third-order valence-corrected chi connectivity index (χ3v) is 3.25. The van der Waals surface area contributed by atoms with E-state index in [2.05, 4.69) is 16.0 Å². The van der Waals surface area contributed by atoms with Crippen molar-refractivity contribution in [1.82, 2.24) is 5.32 Å². The lowest BCUT2D eigenvalue weighted by molar-refractivity contribution is -0.125. The van der Waals surface area contributed by atoms with Gasteiger partial charge in [-0.2, -0.15) is 0 Å².